The molecule has 0 aliphatic heterocycles. The fourth-order valence-electron chi connectivity index (χ4n) is 1.57. The highest BCUT2D eigenvalue weighted by molar-refractivity contribution is 6.35. The summed E-state index contributed by atoms with van der Waals surface area (Å²) >= 11 is 0. The van der Waals surface area contributed by atoms with Crippen LogP contribution < -0.4 is 20.2 Å². The van der Waals surface area contributed by atoms with Gasteiger partial charge in [0.15, 0.2) is 11.5 Å². The summed E-state index contributed by atoms with van der Waals surface area (Å²) in [6.07, 6.45) is 1.36. The first kappa shape index (κ1) is 17.4. The fourth-order valence-corrected chi connectivity index (χ4v) is 1.57. The Morgan fingerprint density at radius 3 is 2.59 bits per heavy atom. The number of nitrogens with one attached hydrogen (secondary N) is 2. The summed E-state index contributed by atoms with van der Waals surface area (Å²) in [5.74, 6) is -0.636. The van der Waals surface area contributed by atoms with Crippen LogP contribution in [-0.2, 0) is 14.3 Å². The number of hydrazone groups is 1. The molecule has 0 aliphatic rings. The smallest absolute Gasteiger partial charge is 0.329 e. The van der Waals surface area contributed by atoms with Crippen LogP contribution in [0.1, 0.15) is 5.56 Å². The summed E-state index contributed by atoms with van der Waals surface area (Å²) in [6, 6.07) is 5.22. The fraction of sp³-hybridized carbons (Fsp3) is 0.357. The lowest BCUT2D eigenvalue weighted by Gasteiger charge is -2.09. The van der Waals surface area contributed by atoms with Gasteiger partial charge in [-0.25, -0.2) is 5.43 Å². The van der Waals surface area contributed by atoms with Gasteiger partial charge in [-0.15, -0.1) is 0 Å². The van der Waals surface area contributed by atoms with E-state index < -0.39 is 11.8 Å². The molecule has 0 saturated heterocycles. The molecule has 2 N–H and O–H groups in total. The highest BCUT2D eigenvalue weighted by Crippen LogP contribution is 2.29. The van der Waals surface area contributed by atoms with Crippen molar-refractivity contribution in [1.29, 1.82) is 0 Å². The SMILES string of the molecule is COCCNC(=O)C(=O)N/N=C/c1cccc(OC)c1OC. The standard InChI is InChI=1S/C14H19N3O5/c1-20-8-7-15-13(18)14(19)17-16-9-10-5-4-6-11(21-2)12(10)22-3/h4-6,9H,7-8H2,1-3H3,(H,15,18)(H,17,19)/b16-9+. The number of hydrogen-bond acceptors (Lipinski definition) is 6. The Kier molecular flexibility index (Phi) is 7.41. The molecule has 0 bridgehead atoms. The van der Waals surface area contributed by atoms with Gasteiger partial charge in [-0.2, -0.15) is 5.10 Å². The van der Waals surface area contributed by atoms with E-state index in [-0.39, 0.29) is 6.54 Å². The maximum atomic E-state index is 11.5. The Hall–Kier alpha value is -2.61. The van der Waals surface area contributed by atoms with Crippen molar-refractivity contribution in [2.45, 2.75) is 0 Å². The minimum Gasteiger partial charge on any atom is -0.493 e. The predicted molar refractivity (Wildman–Crippen MR) is 80.2 cm³/mol. The van der Waals surface area contributed by atoms with Crippen LogP contribution in [0, 0.1) is 0 Å². The molecule has 0 atom stereocenters. The molecule has 0 heterocycles. The molecule has 22 heavy (non-hydrogen) atoms. The Labute approximate surface area is 128 Å². The summed E-state index contributed by atoms with van der Waals surface area (Å²) in [6.45, 7) is 0.569. The molecule has 1 aromatic carbocycles. The Morgan fingerprint density at radius 2 is 1.95 bits per heavy atom. The second-order valence-electron chi connectivity index (χ2n) is 4.03. The van der Waals surface area contributed by atoms with E-state index in [2.05, 4.69) is 15.8 Å². The van der Waals surface area contributed by atoms with Gasteiger partial charge in [0.1, 0.15) is 0 Å². The molecule has 8 nitrogen and oxygen atoms in total. The minimum atomic E-state index is -0.866. The first-order chi connectivity index (χ1) is 10.6. The Morgan fingerprint density at radius 1 is 1.18 bits per heavy atom. The molecular weight excluding hydrogens is 290 g/mol. The van der Waals surface area contributed by atoms with E-state index in [0.717, 1.165) is 0 Å². The van der Waals surface area contributed by atoms with Crippen molar-refractivity contribution in [2.75, 3.05) is 34.5 Å². The lowest BCUT2D eigenvalue weighted by Crippen LogP contribution is -2.39. The summed E-state index contributed by atoms with van der Waals surface area (Å²) < 4.78 is 15.1. The van der Waals surface area contributed by atoms with Crippen LogP contribution in [0.2, 0.25) is 0 Å². The van der Waals surface area contributed by atoms with Crippen molar-refractivity contribution in [2.24, 2.45) is 5.10 Å². The number of methoxy groups -OCH3 is 3. The van der Waals surface area contributed by atoms with Gasteiger partial charge in [-0.3, -0.25) is 9.59 Å². The number of nitrogens with zero attached hydrogens (tertiary/aromatic N) is 1. The van der Waals surface area contributed by atoms with Gasteiger partial charge in [0, 0.05) is 19.2 Å². The highest BCUT2D eigenvalue weighted by Gasteiger charge is 2.12. The lowest BCUT2D eigenvalue weighted by atomic mass is 10.2. The molecular formula is C14H19N3O5. The molecule has 2 amide bonds. The maximum absolute atomic E-state index is 11.5. The molecule has 0 unspecified atom stereocenters. The number of amides is 2. The number of carbonyl (C=O) groups excluding carboxylic acids is 2. The van der Waals surface area contributed by atoms with E-state index in [1.807, 2.05) is 0 Å². The van der Waals surface area contributed by atoms with E-state index in [4.69, 9.17) is 14.2 Å². The molecule has 0 aliphatic carbocycles. The molecule has 0 saturated carbocycles. The molecule has 0 fully saturated rings. The number of benzene rings is 1. The first-order valence-corrected chi connectivity index (χ1v) is 6.45. The van der Waals surface area contributed by atoms with Gasteiger partial charge in [-0.1, -0.05) is 6.07 Å². The van der Waals surface area contributed by atoms with Gasteiger partial charge in [-0.05, 0) is 12.1 Å². The first-order valence-electron chi connectivity index (χ1n) is 6.45. The van der Waals surface area contributed by atoms with E-state index >= 15 is 0 Å². The average Bonchev–Trinajstić information content (AvgIpc) is 2.54. The number of para-hydroxylation sites is 1. The zero-order chi connectivity index (χ0) is 16.4. The number of rotatable bonds is 7. The zero-order valence-corrected chi connectivity index (χ0v) is 12.7. The molecule has 8 heteroatoms. The Bertz CT molecular complexity index is 545. The number of hydrogen-bond donors (Lipinski definition) is 2. The summed E-state index contributed by atoms with van der Waals surface area (Å²) in [5.41, 5.74) is 2.73. The van der Waals surface area contributed by atoms with Crippen molar-refractivity contribution in [3.05, 3.63) is 23.8 Å². The average molecular weight is 309 g/mol. The molecule has 1 rings (SSSR count). The van der Waals surface area contributed by atoms with E-state index in [1.54, 1.807) is 18.2 Å². The largest absolute Gasteiger partial charge is 0.493 e. The van der Waals surface area contributed by atoms with E-state index in [1.165, 1.54) is 27.5 Å². The van der Waals surface area contributed by atoms with Gasteiger partial charge in [0.05, 0.1) is 27.0 Å². The number of ether oxygens (including phenoxy) is 3. The second kappa shape index (κ2) is 9.35. The summed E-state index contributed by atoms with van der Waals surface area (Å²) in [7, 11) is 4.51. The van der Waals surface area contributed by atoms with Crippen molar-refractivity contribution in [3.63, 3.8) is 0 Å². The second-order valence-corrected chi connectivity index (χ2v) is 4.03. The van der Waals surface area contributed by atoms with Crippen LogP contribution in [0.15, 0.2) is 23.3 Å². The van der Waals surface area contributed by atoms with Crippen LogP contribution in [0.3, 0.4) is 0 Å². The van der Waals surface area contributed by atoms with Crippen molar-refractivity contribution >= 4 is 18.0 Å². The minimum absolute atomic E-state index is 0.246. The quantitative estimate of drug-likeness (QED) is 0.318. The molecule has 0 aromatic heterocycles. The van der Waals surface area contributed by atoms with Gasteiger partial charge < -0.3 is 19.5 Å². The van der Waals surface area contributed by atoms with Crippen LogP contribution in [0.5, 0.6) is 11.5 Å². The Balaban J connectivity index is 2.62. The van der Waals surface area contributed by atoms with Crippen molar-refractivity contribution in [1.82, 2.24) is 10.7 Å². The zero-order valence-electron chi connectivity index (χ0n) is 12.7. The van der Waals surface area contributed by atoms with Crippen LogP contribution in [0.25, 0.3) is 0 Å². The van der Waals surface area contributed by atoms with E-state index in [9.17, 15) is 9.59 Å². The molecule has 0 spiro atoms. The highest BCUT2D eigenvalue weighted by atomic mass is 16.5. The lowest BCUT2D eigenvalue weighted by molar-refractivity contribution is -0.139. The normalized spacial score (nSPS) is 10.3. The number of carbonyl (C=O) groups is 2. The monoisotopic (exact) mass is 309 g/mol. The van der Waals surface area contributed by atoms with Gasteiger partial charge in [0.2, 0.25) is 0 Å². The van der Waals surface area contributed by atoms with Crippen LogP contribution >= 0.6 is 0 Å². The topological polar surface area (TPSA) is 98.2 Å². The van der Waals surface area contributed by atoms with Crippen molar-refractivity contribution in [3.8, 4) is 11.5 Å². The van der Waals surface area contributed by atoms with Crippen LogP contribution in [-0.4, -0.2) is 52.5 Å². The summed E-state index contributed by atoms with van der Waals surface area (Å²) in [5, 5.41) is 6.10. The van der Waals surface area contributed by atoms with Gasteiger partial charge >= 0.3 is 11.8 Å². The maximum Gasteiger partial charge on any atom is 0.329 e. The predicted octanol–water partition coefficient (Wildman–Crippen LogP) is -0.0835. The van der Waals surface area contributed by atoms with Crippen molar-refractivity contribution < 1.29 is 23.8 Å². The summed E-state index contributed by atoms with van der Waals surface area (Å²) in [4.78, 5) is 22.9. The third kappa shape index (κ3) is 5.06. The molecule has 0 radical (unpaired) electrons. The van der Waals surface area contributed by atoms with E-state index in [0.29, 0.717) is 23.7 Å². The molecule has 1 aromatic rings. The van der Waals surface area contributed by atoms with Gasteiger partial charge in [0.25, 0.3) is 0 Å². The third-order valence-electron chi connectivity index (χ3n) is 2.60. The van der Waals surface area contributed by atoms with Crippen LogP contribution in [0.4, 0.5) is 0 Å². The third-order valence-corrected chi connectivity index (χ3v) is 2.60. The molecule has 120 valence electrons.